The van der Waals surface area contributed by atoms with Crippen molar-refractivity contribution < 1.29 is 9.13 Å². The minimum absolute atomic E-state index is 0.150. The van der Waals surface area contributed by atoms with Gasteiger partial charge in [0.05, 0.1) is 6.61 Å². The minimum Gasteiger partial charge on any atom is -0.384 e. The van der Waals surface area contributed by atoms with Crippen molar-refractivity contribution in [2.24, 2.45) is 5.92 Å². The Labute approximate surface area is 89.4 Å². The van der Waals surface area contributed by atoms with Crippen LogP contribution >= 0.6 is 0 Å². The van der Waals surface area contributed by atoms with Crippen LogP contribution in [0.15, 0.2) is 18.2 Å². The second kappa shape index (κ2) is 4.62. The largest absolute Gasteiger partial charge is 0.384 e. The van der Waals surface area contributed by atoms with E-state index in [0.29, 0.717) is 11.5 Å². The van der Waals surface area contributed by atoms with Gasteiger partial charge in [-0.1, -0.05) is 6.07 Å². The smallest absolute Gasteiger partial charge is 0.128 e. The second-order valence-corrected chi connectivity index (χ2v) is 4.02. The second-order valence-electron chi connectivity index (χ2n) is 4.02. The fourth-order valence-electron chi connectivity index (χ4n) is 1.80. The summed E-state index contributed by atoms with van der Waals surface area (Å²) in [5.41, 5.74) is 1.58. The summed E-state index contributed by atoms with van der Waals surface area (Å²) >= 11 is 0. The van der Waals surface area contributed by atoms with Crippen molar-refractivity contribution in [1.82, 2.24) is 0 Å². The normalized spacial score (nSPS) is 20.5. The fourth-order valence-corrected chi connectivity index (χ4v) is 1.80. The molecule has 82 valence electrons. The summed E-state index contributed by atoms with van der Waals surface area (Å²) < 4.78 is 18.5. The van der Waals surface area contributed by atoms with Gasteiger partial charge >= 0.3 is 0 Å². The zero-order valence-electron chi connectivity index (χ0n) is 8.92. The lowest BCUT2D eigenvalue weighted by atomic mass is 10.1. The molecule has 1 atom stereocenters. The first kappa shape index (κ1) is 10.4. The molecule has 1 heterocycles. The zero-order chi connectivity index (χ0) is 10.7. The van der Waals surface area contributed by atoms with Gasteiger partial charge in [0.25, 0.3) is 0 Å². The first-order valence-electron chi connectivity index (χ1n) is 5.34. The molecular weight excluding hydrogens is 193 g/mol. The average molecular weight is 209 g/mol. The first-order chi connectivity index (χ1) is 7.27. The van der Waals surface area contributed by atoms with E-state index >= 15 is 0 Å². The third-order valence-corrected chi connectivity index (χ3v) is 2.87. The van der Waals surface area contributed by atoms with Gasteiger partial charge in [0.1, 0.15) is 5.82 Å². The molecule has 0 spiro atoms. The first-order valence-corrected chi connectivity index (χ1v) is 5.34. The average Bonchev–Trinajstić information content (AvgIpc) is 2.73. The topological polar surface area (TPSA) is 21.3 Å². The summed E-state index contributed by atoms with van der Waals surface area (Å²) in [6.45, 7) is 4.34. The lowest BCUT2D eigenvalue weighted by Crippen LogP contribution is -2.14. The molecule has 1 unspecified atom stereocenters. The molecule has 0 aliphatic carbocycles. The SMILES string of the molecule is Cc1c(F)cccc1NCC1CCOC1. The van der Waals surface area contributed by atoms with Gasteiger partial charge in [0.2, 0.25) is 0 Å². The Morgan fingerprint density at radius 1 is 1.53 bits per heavy atom. The molecule has 0 radical (unpaired) electrons. The lowest BCUT2D eigenvalue weighted by molar-refractivity contribution is 0.187. The quantitative estimate of drug-likeness (QED) is 0.826. The van der Waals surface area contributed by atoms with E-state index in [2.05, 4.69) is 5.32 Å². The molecule has 1 aliphatic heterocycles. The number of nitrogens with one attached hydrogen (secondary N) is 1. The summed E-state index contributed by atoms with van der Waals surface area (Å²) in [7, 11) is 0. The standard InChI is InChI=1S/C12H16FNO/c1-9-11(13)3-2-4-12(9)14-7-10-5-6-15-8-10/h2-4,10,14H,5-8H2,1H3. The van der Waals surface area contributed by atoms with Crippen LogP contribution in [0, 0.1) is 18.7 Å². The van der Waals surface area contributed by atoms with E-state index in [1.807, 2.05) is 6.07 Å². The van der Waals surface area contributed by atoms with Crippen LogP contribution in [0.25, 0.3) is 0 Å². The number of halogens is 1. The molecule has 1 saturated heterocycles. The van der Waals surface area contributed by atoms with Gasteiger partial charge in [-0.2, -0.15) is 0 Å². The van der Waals surface area contributed by atoms with Crippen molar-refractivity contribution in [1.29, 1.82) is 0 Å². The van der Waals surface area contributed by atoms with E-state index in [1.54, 1.807) is 13.0 Å². The highest BCUT2D eigenvalue weighted by atomic mass is 19.1. The number of ether oxygens (including phenoxy) is 1. The number of hydrogen-bond acceptors (Lipinski definition) is 2. The Morgan fingerprint density at radius 2 is 2.40 bits per heavy atom. The Hall–Kier alpha value is -1.09. The Morgan fingerprint density at radius 3 is 3.13 bits per heavy atom. The van der Waals surface area contributed by atoms with E-state index in [1.165, 1.54) is 6.07 Å². The minimum atomic E-state index is -0.150. The van der Waals surface area contributed by atoms with E-state index < -0.39 is 0 Å². The zero-order valence-corrected chi connectivity index (χ0v) is 8.92. The summed E-state index contributed by atoms with van der Waals surface area (Å²) in [4.78, 5) is 0. The van der Waals surface area contributed by atoms with E-state index in [-0.39, 0.29) is 5.82 Å². The van der Waals surface area contributed by atoms with Gasteiger partial charge in [-0.15, -0.1) is 0 Å². The molecule has 0 amide bonds. The van der Waals surface area contributed by atoms with Gasteiger partial charge in [0.15, 0.2) is 0 Å². The molecular formula is C12H16FNO. The van der Waals surface area contributed by atoms with Crippen LogP contribution in [0.3, 0.4) is 0 Å². The fraction of sp³-hybridized carbons (Fsp3) is 0.500. The number of hydrogen-bond donors (Lipinski definition) is 1. The Balaban J connectivity index is 1.95. The highest BCUT2D eigenvalue weighted by Gasteiger charge is 2.15. The number of anilines is 1. The van der Waals surface area contributed by atoms with Crippen molar-refractivity contribution >= 4 is 5.69 Å². The predicted molar refractivity (Wildman–Crippen MR) is 58.6 cm³/mol. The highest BCUT2D eigenvalue weighted by Crippen LogP contribution is 2.19. The van der Waals surface area contributed by atoms with Crippen molar-refractivity contribution in [3.8, 4) is 0 Å². The van der Waals surface area contributed by atoms with Gasteiger partial charge in [-0.05, 0) is 25.5 Å². The molecule has 15 heavy (non-hydrogen) atoms. The van der Waals surface area contributed by atoms with Crippen molar-refractivity contribution in [2.75, 3.05) is 25.1 Å². The Bertz CT molecular complexity index is 334. The van der Waals surface area contributed by atoms with Crippen LogP contribution in [-0.4, -0.2) is 19.8 Å². The van der Waals surface area contributed by atoms with Crippen LogP contribution in [-0.2, 0) is 4.74 Å². The molecule has 2 rings (SSSR count). The Kier molecular flexibility index (Phi) is 3.21. The van der Waals surface area contributed by atoms with Gasteiger partial charge in [-0.25, -0.2) is 4.39 Å². The van der Waals surface area contributed by atoms with Crippen LogP contribution in [0.4, 0.5) is 10.1 Å². The molecule has 0 aromatic heterocycles. The van der Waals surface area contributed by atoms with Gasteiger partial charge < -0.3 is 10.1 Å². The lowest BCUT2D eigenvalue weighted by Gasteiger charge is -2.13. The maximum absolute atomic E-state index is 13.2. The third kappa shape index (κ3) is 2.48. The molecule has 1 aliphatic rings. The van der Waals surface area contributed by atoms with Crippen LogP contribution < -0.4 is 5.32 Å². The molecule has 0 bridgehead atoms. The van der Waals surface area contributed by atoms with E-state index in [0.717, 1.165) is 31.9 Å². The van der Waals surface area contributed by atoms with Crippen LogP contribution in [0.5, 0.6) is 0 Å². The highest BCUT2D eigenvalue weighted by molar-refractivity contribution is 5.50. The third-order valence-electron chi connectivity index (χ3n) is 2.87. The number of rotatable bonds is 3. The molecule has 1 aromatic carbocycles. The maximum atomic E-state index is 13.2. The van der Waals surface area contributed by atoms with E-state index in [9.17, 15) is 4.39 Å². The van der Waals surface area contributed by atoms with E-state index in [4.69, 9.17) is 4.74 Å². The molecule has 3 heteroatoms. The van der Waals surface area contributed by atoms with Gasteiger partial charge in [0, 0.05) is 30.3 Å². The van der Waals surface area contributed by atoms with Crippen molar-refractivity contribution in [2.45, 2.75) is 13.3 Å². The maximum Gasteiger partial charge on any atom is 0.128 e. The monoisotopic (exact) mass is 209 g/mol. The summed E-state index contributed by atoms with van der Waals surface area (Å²) in [5.74, 6) is 0.412. The molecule has 2 nitrogen and oxygen atoms in total. The molecule has 1 aromatic rings. The summed E-state index contributed by atoms with van der Waals surface area (Å²) in [6, 6.07) is 5.13. The molecule has 1 N–H and O–H groups in total. The van der Waals surface area contributed by atoms with Crippen molar-refractivity contribution in [3.05, 3.63) is 29.6 Å². The van der Waals surface area contributed by atoms with Gasteiger partial charge in [-0.3, -0.25) is 0 Å². The van der Waals surface area contributed by atoms with Crippen molar-refractivity contribution in [3.63, 3.8) is 0 Å². The van der Waals surface area contributed by atoms with Crippen LogP contribution in [0.2, 0.25) is 0 Å². The number of benzene rings is 1. The summed E-state index contributed by atoms with van der Waals surface area (Å²) in [5, 5.41) is 3.28. The van der Waals surface area contributed by atoms with Crippen LogP contribution in [0.1, 0.15) is 12.0 Å². The molecule has 1 fully saturated rings. The molecule has 0 saturated carbocycles. The summed E-state index contributed by atoms with van der Waals surface area (Å²) in [6.07, 6.45) is 1.10. The predicted octanol–water partition coefficient (Wildman–Crippen LogP) is 2.58.